The van der Waals surface area contributed by atoms with E-state index in [4.69, 9.17) is 23.7 Å². The molecular formula is C21H18O6. The van der Waals surface area contributed by atoms with Gasteiger partial charge in [-0.25, -0.2) is 4.79 Å². The summed E-state index contributed by atoms with van der Waals surface area (Å²) in [5.41, 5.74) is 1.55. The van der Waals surface area contributed by atoms with Gasteiger partial charge in [-0.3, -0.25) is 0 Å². The van der Waals surface area contributed by atoms with Crippen LogP contribution in [0.25, 0.3) is 6.08 Å². The minimum Gasteiger partial charge on any atom is -0.493 e. The highest BCUT2D eigenvalue weighted by molar-refractivity contribution is 5.89. The maximum Gasteiger partial charge on any atom is 0.385 e. The van der Waals surface area contributed by atoms with Crippen LogP contribution in [0.5, 0.6) is 23.0 Å². The Morgan fingerprint density at radius 3 is 2.70 bits per heavy atom. The molecule has 6 nitrogen and oxygen atoms in total. The van der Waals surface area contributed by atoms with Crippen molar-refractivity contribution in [2.45, 2.75) is 0 Å². The number of ether oxygens (including phenoxy) is 5. The van der Waals surface area contributed by atoms with Crippen molar-refractivity contribution in [3.05, 3.63) is 53.6 Å². The minimum atomic E-state index is -0.611. The second-order valence-electron chi connectivity index (χ2n) is 5.43. The fourth-order valence-electron chi connectivity index (χ4n) is 2.40. The molecule has 1 aliphatic rings. The molecule has 0 aromatic heterocycles. The Kier molecular flexibility index (Phi) is 5.85. The molecule has 0 saturated carbocycles. The van der Waals surface area contributed by atoms with Crippen LogP contribution in [0.15, 0.2) is 42.5 Å². The van der Waals surface area contributed by atoms with Crippen molar-refractivity contribution in [2.24, 2.45) is 0 Å². The van der Waals surface area contributed by atoms with Gasteiger partial charge >= 0.3 is 5.97 Å². The lowest BCUT2D eigenvalue weighted by atomic mass is 10.2. The zero-order valence-corrected chi connectivity index (χ0v) is 15.0. The van der Waals surface area contributed by atoms with Crippen molar-refractivity contribution in [1.29, 1.82) is 0 Å². The van der Waals surface area contributed by atoms with Crippen LogP contribution >= 0.6 is 0 Å². The number of rotatable bonds is 5. The molecule has 0 amide bonds. The van der Waals surface area contributed by atoms with E-state index in [9.17, 15) is 4.79 Å². The molecule has 0 spiro atoms. The molecule has 0 radical (unpaired) electrons. The molecule has 2 aromatic carbocycles. The van der Waals surface area contributed by atoms with Gasteiger partial charge in [0.05, 0.1) is 14.2 Å². The first-order chi connectivity index (χ1) is 13.2. The number of methoxy groups -OCH3 is 2. The molecule has 0 N–H and O–H groups in total. The zero-order valence-electron chi connectivity index (χ0n) is 15.0. The number of hydrogen-bond donors (Lipinski definition) is 0. The Morgan fingerprint density at radius 1 is 1.07 bits per heavy atom. The Balaban J connectivity index is 1.52. The Hall–Kier alpha value is -3.59. The van der Waals surface area contributed by atoms with Crippen molar-refractivity contribution in [2.75, 3.05) is 27.6 Å². The maximum absolute atomic E-state index is 11.7. The average Bonchev–Trinajstić information content (AvgIpc) is 3.17. The fourth-order valence-corrected chi connectivity index (χ4v) is 2.40. The van der Waals surface area contributed by atoms with Gasteiger partial charge in [0.15, 0.2) is 23.0 Å². The quantitative estimate of drug-likeness (QED) is 0.599. The van der Waals surface area contributed by atoms with Gasteiger partial charge in [-0.2, -0.15) is 0 Å². The van der Waals surface area contributed by atoms with E-state index in [2.05, 4.69) is 11.8 Å². The van der Waals surface area contributed by atoms with E-state index in [1.54, 1.807) is 31.4 Å². The van der Waals surface area contributed by atoms with Crippen molar-refractivity contribution < 1.29 is 28.5 Å². The van der Waals surface area contributed by atoms with Gasteiger partial charge in [-0.05, 0) is 42.0 Å². The number of hydrogen-bond acceptors (Lipinski definition) is 6. The number of carbonyl (C=O) groups excluding carboxylic acids is 1. The van der Waals surface area contributed by atoms with Gasteiger partial charge < -0.3 is 23.7 Å². The Morgan fingerprint density at radius 2 is 1.89 bits per heavy atom. The summed E-state index contributed by atoms with van der Waals surface area (Å²) in [4.78, 5) is 11.7. The van der Waals surface area contributed by atoms with E-state index in [1.165, 1.54) is 7.11 Å². The summed E-state index contributed by atoms with van der Waals surface area (Å²) in [6, 6.07) is 10.7. The SMILES string of the molecule is COc1ccc(C#CC(=O)OC/C=C/c2ccc3c(c2)OCO3)cc1OC. The summed E-state index contributed by atoms with van der Waals surface area (Å²) in [7, 11) is 3.09. The molecule has 0 saturated heterocycles. The predicted octanol–water partition coefficient (Wildman–Crippen LogP) is 3.04. The van der Waals surface area contributed by atoms with Crippen LogP contribution in [-0.2, 0) is 9.53 Å². The summed E-state index contributed by atoms with van der Waals surface area (Å²) in [5.74, 6) is 7.15. The molecule has 6 heteroatoms. The molecule has 3 rings (SSSR count). The summed E-state index contributed by atoms with van der Waals surface area (Å²) < 4.78 is 26.0. The van der Waals surface area contributed by atoms with E-state index in [0.29, 0.717) is 22.8 Å². The van der Waals surface area contributed by atoms with Gasteiger partial charge in [0.1, 0.15) is 6.61 Å². The highest BCUT2D eigenvalue weighted by Crippen LogP contribution is 2.32. The fraction of sp³-hybridized carbons (Fsp3) is 0.190. The smallest absolute Gasteiger partial charge is 0.385 e. The standard InChI is InChI=1S/C21H18O6/c1-23-17-8-5-16(12-19(17)24-2)7-10-21(22)25-11-3-4-15-6-9-18-20(13-15)27-14-26-18/h3-6,8-9,12-13H,11,14H2,1-2H3/b4-3+. The summed E-state index contributed by atoms with van der Waals surface area (Å²) >= 11 is 0. The highest BCUT2D eigenvalue weighted by atomic mass is 16.7. The van der Waals surface area contributed by atoms with Gasteiger partial charge in [0, 0.05) is 11.5 Å². The van der Waals surface area contributed by atoms with Crippen LogP contribution in [0.2, 0.25) is 0 Å². The first-order valence-corrected chi connectivity index (χ1v) is 8.16. The third kappa shape index (κ3) is 4.73. The molecule has 0 fully saturated rings. The van der Waals surface area contributed by atoms with E-state index in [0.717, 1.165) is 11.3 Å². The third-order valence-corrected chi connectivity index (χ3v) is 3.71. The maximum atomic E-state index is 11.7. The van der Waals surface area contributed by atoms with Crippen LogP contribution in [-0.4, -0.2) is 33.6 Å². The van der Waals surface area contributed by atoms with Gasteiger partial charge in [0.2, 0.25) is 6.79 Å². The van der Waals surface area contributed by atoms with E-state index >= 15 is 0 Å². The first-order valence-electron chi connectivity index (χ1n) is 8.16. The van der Waals surface area contributed by atoms with E-state index in [-0.39, 0.29) is 13.4 Å². The molecule has 1 aliphatic heterocycles. The summed E-state index contributed by atoms with van der Waals surface area (Å²) in [6.45, 7) is 0.354. The molecular weight excluding hydrogens is 348 g/mol. The minimum absolute atomic E-state index is 0.119. The van der Waals surface area contributed by atoms with Crippen molar-refractivity contribution >= 4 is 12.0 Å². The summed E-state index contributed by atoms with van der Waals surface area (Å²) in [5, 5.41) is 0. The molecule has 27 heavy (non-hydrogen) atoms. The normalized spacial score (nSPS) is 11.6. The van der Waals surface area contributed by atoms with Crippen LogP contribution < -0.4 is 18.9 Å². The number of fused-ring (bicyclic) bond motifs is 1. The van der Waals surface area contributed by atoms with Crippen LogP contribution in [0.3, 0.4) is 0 Å². The monoisotopic (exact) mass is 366 g/mol. The Labute approximate surface area is 157 Å². The molecule has 138 valence electrons. The lowest BCUT2D eigenvalue weighted by Crippen LogP contribution is -2.00. The van der Waals surface area contributed by atoms with Gasteiger partial charge in [0.25, 0.3) is 0 Å². The molecule has 0 bridgehead atoms. The lowest BCUT2D eigenvalue weighted by molar-refractivity contribution is -0.135. The molecule has 0 aliphatic carbocycles. The number of esters is 1. The van der Waals surface area contributed by atoms with Gasteiger partial charge in [-0.15, -0.1) is 0 Å². The van der Waals surface area contributed by atoms with Crippen LogP contribution in [0, 0.1) is 11.8 Å². The number of carbonyl (C=O) groups is 1. The first kappa shape index (κ1) is 18.2. The second kappa shape index (κ2) is 8.68. The largest absolute Gasteiger partial charge is 0.493 e. The average molecular weight is 366 g/mol. The van der Waals surface area contributed by atoms with E-state index < -0.39 is 5.97 Å². The van der Waals surface area contributed by atoms with Gasteiger partial charge in [-0.1, -0.05) is 18.1 Å². The lowest BCUT2D eigenvalue weighted by Gasteiger charge is -2.06. The second-order valence-corrected chi connectivity index (χ2v) is 5.43. The van der Waals surface area contributed by atoms with E-state index in [1.807, 2.05) is 24.3 Å². The van der Waals surface area contributed by atoms with Crippen molar-refractivity contribution in [3.8, 4) is 34.8 Å². The predicted molar refractivity (Wildman–Crippen MR) is 99.0 cm³/mol. The third-order valence-electron chi connectivity index (χ3n) is 3.71. The molecule has 0 unspecified atom stereocenters. The topological polar surface area (TPSA) is 63.2 Å². The van der Waals surface area contributed by atoms with Crippen LogP contribution in [0.4, 0.5) is 0 Å². The van der Waals surface area contributed by atoms with Crippen molar-refractivity contribution in [3.63, 3.8) is 0 Å². The zero-order chi connectivity index (χ0) is 19.1. The summed E-state index contributed by atoms with van der Waals surface area (Å²) in [6.07, 6.45) is 3.56. The molecule has 1 heterocycles. The number of benzene rings is 2. The Bertz CT molecular complexity index is 920. The van der Waals surface area contributed by atoms with Crippen LogP contribution in [0.1, 0.15) is 11.1 Å². The molecule has 0 atom stereocenters. The molecule has 2 aromatic rings. The highest BCUT2D eigenvalue weighted by Gasteiger charge is 2.12. The van der Waals surface area contributed by atoms with Crippen molar-refractivity contribution in [1.82, 2.24) is 0 Å².